The lowest BCUT2D eigenvalue weighted by Crippen LogP contribution is -2.43. The Hall–Kier alpha value is -2.76. The second-order valence-electron chi connectivity index (χ2n) is 8.43. The van der Waals surface area contributed by atoms with E-state index in [0.717, 1.165) is 53.7 Å². The summed E-state index contributed by atoms with van der Waals surface area (Å²) in [6.45, 7) is 0.267. The van der Waals surface area contributed by atoms with Gasteiger partial charge in [-0.05, 0) is 67.1 Å². The van der Waals surface area contributed by atoms with Crippen molar-refractivity contribution in [3.8, 4) is 16.9 Å². The number of ether oxygens (including phenoxy) is 1. The van der Waals surface area contributed by atoms with Gasteiger partial charge in [0.05, 0.1) is 11.6 Å². The van der Waals surface area contributed by atoms with Gasteiger partial charge in [-0.25, -0.2) is 4.79 Å². The summed E-state index contributed by atoms with van der Waals surface area (Å²) in [7, 11) is 0. The van der Waals surface area contributed by atoms with Gasteiger partial charge >= 0.3 is 6.03 Å². The highest BCUT2D eigenvalue weighted by molar-refractivity contribution is 6.33. The zero-order valence-electron chi connectivity index (χ0n) is 17.4. The molecule has 7 heteroatoms. The van der Waals surface area contributed by atoms with Crippen molar-refractivity contribution in [2.75, 3.05) is 0 Å². The summed E-state index contributed by atoms with van der Waals surface area (Å²) in [6.07, 6.45) is 7.63. The number of para-hydroxylation sites is 1. The highest BCUT2D eigenvalue weighted by Crippen LogP contribution is 2.54. The van der Waals surface area contributed by atoms with Gasteiger partial charge < -0.3 is 15.4 Å². The van der Waals surface area contributed by atoms with Gasteiger partial charge in [-0.2, -0.15) is 0 Å². The smallest absolute Gasteiger partial charge is 0.315 e. The number of aromatic nitrogens is 1. The number of halogens is 2. The number of amides is 2. The Bertz CT molecular complexity index is 1180. The fraction of sp³-hybridized carbons (Fsp3) is 0.280. The molecule has 0 bridgehead atoms. The number of rotatable bonds is 7. The normalized spacial score (nSPS) is 16.4. The van der Waals surface area contributed by atoms with E-state index in [1.54, 1.807) is 29.3 Å². The molecule has 2 aliphatic carbocycles. The molecule has 0 atom stereocenters. The molecule has 32 heavy (non-hydrogen) atoms. The molecule has 0 spiro atoms. The first kappa shape index (κ1) is 21.1. The number of urea groups is 1. The summed E-state index contributed by atoms with van der Waals surface area (Å²) in [4.78, 5) is 18.7. The van der Waals surface area contributed by atoms with E-state index in [4.69, 9.17) is 33.7 Å². The van der Waals surface area contributed by atoms with E-state index in [-0.39, 0.29) is 12.6 Å². The predicted octanol–water partition coefficient (Wildman–Crippen LogP) is 6.17. The molecule has 0 radical (unpaired) electrons. The van der Waals surface area contributed by atoms with Crippen molar-refractivity contribution >= 4 is 29.2 Å². The van der Waals surface area contributed by atoms with Crippen molar-refractivity contribution in [3.05, 3.63) is 82.1 Å². The second kappa shape index (κ2) is 8.30. The Labute approximate surface area is 197 Å². The first-order valence-corrected chi connectivity index (χ1v) is 11.4. The number of primary amides is 1. The maximum absolute atomic E-state index is 12.7. The Morgan fingerprint density at radius 2 is 1.91 bits per heavy atom. The molecule has 164 valence electrons. The zero-order chi connectivity index (χ0) is 22.3. The molecule has 0 saturated heterocycles. The van der Waals surface area contributed by atoms with Crippen molar-refractivity contribution < 1.29 is 9.53 Å². The van der Waals surface area contributed by atoms with Crippen LogP contribution >= 0.6 is 23.2 Å². The topological polar surface area (TPSA) is 68.5 Å². The summed E-state index contributed by atoms with van der Waals surface area (Å²) >= 11 is 12.6. The van der Waals surface area contributed by atoms with Crippen LogP contribution in [-0.4, -0.2) is 22.0 Å². The Morgan fingerprint density at radius 1 is 1.12 bits per heavy atom. The largest absolute Gasteiger partial charge is 0.490 e. The molecule has 1 heterocycles. The molecule has 5 nitrogen and oxygen atoms in total. The lowest BCUT2D eigenvalue weighted by molar-refractivity contribution is 0.170. The number of nitrogens with zero attached hydrogens (tertiary/aromatic N) is 2. The van der Waals surface area contributed by atoms with Gasteiger partial charge in [0.15, 0.2) is 0 Å². The third-order valence-electron chi connectivity index (χ3n) is 6.16. The number of nitrogens with two attached hydrogens (primary N) is 1. The van der Waals surface area contributed by atoms with Gasteiger partial charge in [-0.3, -0.25) is 4.98 Å². The summed E-state index contributed by atoms with van der Waals surface area (Å²) in [5, 5.41) is 1.11. The maximum atomic E-state index is 12.7. The summed E-state index contributed by atoms with van der Waals surface area (Å²) < 4.78 is 6.17. The monoisotopic (exact) mass is 467 g/mol. The van der Waals surface area contributed by atoms with Crippen molar-refractivity contribution in [1.82, 2.24) is 9.88 Å². The molecule has 5 rings (SSSR count). The summed E-state index contributed by atoms with van der Waals surface area (Å²) in [5.74, 6) is 0.849. The van der Waals surface area contributed by atoms with E-state index in [1.165, 1.54) is 0 Å². The average Bonchev–Trinajstić information content (AvgIpc) is 3.71. The Morgan fingerprint density at radius 3 is 2.62 bits per heavy atom. The van der Waals surface area contributed by atoms with Crippen LogP contribution in [0.4, 0.5) is 4.79 Å². The van der Waals surface area contributed by atoms with E-state index < -0.39 is 11.6 Å². The molecule has 3 aromatic rings. The molecule has 0 aliphatic heterocycles. The number of hydrogen-bond donors (Lipinski definition) is 1. The van der Waals surface area contributed by atoms with Gasteiger partial charge in [0.25, 0.3) is 0 Å². The lowest BCUT2D eigenvalue weighted by Gasteiger charge is -2.32. The van der Waals surface area contributed by atoms with Crippen LogP contribution in [0.3, 0.4) is 0 Å². The standard InChI is InChI=1S/C25H23Cl2N3O2/c26-17-5-8-22(27)16(13-17)15-30(24(28)31)25(10-11-25)21-14-29-12-9-19(21)20-3-1-2-4-23(20)32-18-6-7-18/h1-5,8-9,12-14,18H,6-7,10-11,15H2,(H2,28,31). The maximum Gasteiger partial charge on any atom is 0.315 e. The van der Waals surface area contributed by atoms with Crippen LogP contribution in [0, 0.1) is 0 Å². The van der Waals surface area contributed by atoms with Gasteiger partial charge in [0.1, 0.15) is 5.75 Å². The first-order valence-electron chi connectivity index (χ1n) is 10.7. The number of hydrogen-bond acceptors (Lipinski definition) is 3. The van der Waals surface area contributed by atoms with Gasteiger partial charge in [-0.15, -0.1) is 0 Å². The third-order valence-corrected chi connectivity index (χ3v) is 6.76. The zero-order valence-corrected chi connectivity index (χ0v) is 18.9. The lowest BCUT2D eigenvalue weighted by atomic mass is 9.93. The Balaban J connectivity index is 1.56. The predicted molar refractivity (Wildman–Crippen MR) is 126 cm³/mol. The van der Waals surface area contributed by atoms with Crippen molar-refractivity contribution in [2.45, 2.75) is 43.9 Å². The SMILES string of the molecule is NC(=O)N(Cc1cc(Cl)ccc1Cl)C1(c2cnccc2-c2ccccc2OC2CC2)CC1. The fourth-order valence-electron chi connectivity index (χ4n) is 4.24. The Kier molecular flexibility index (Phi) is 5.48. The molecular formula is C25H23Cl2N3O2. The minimum atomic E-state index is -0.548. The minimum absolute atomic E-state index is 0.267. The molecule has 2 saturated carbocycles. The molecule has 0 unspecified atom stereocenters. The molecular weight excluding hydrogens is 445 g/mol. The van der Waals surface area contributed by atoms with Crippen LogP contribution in [0.15, 0.2) is 60.9 Å². The van der Waals surface area contributed by atoms with Crippen LogP contribution in [-0.2, 0) is 12.1 Å². The third kappa shape index (κ3) is 4.03. The van der Waals surface area contributed by atoms with Crippen LogP contribution in [0.1, 0.15) is 36.8 Å². The summed E-state index contributed by atoms with van der Waals surface area (Å²) in [5.41, 5.74) is 9.06. The van der Waals surface area contributed by atoms with Gasteiger partial charge in [-0.1, -0.05) is 41.4 Å². The average molecular weight is 468 g/mol. The first-order chi connectivity index (χ1) is 15.5. The molecule has 2 N–H and O–H groups in total. The number of carbonyl (C=O) groups is 1. The minimum Gasteiger partial charge on any atom is -0.490 e. The second-order valence-corrected chi connectivity index (χ2v) is 9.27. The van der Waals surface area contributed by atoms with E-state index in [1.807, 2.05) is 30.5 Å². The fourth-order valence-corrected chi connectivity index (χ4v) is 4.61. The number of pyridine rings is 1. The van der Waals surface area contributed by atoms with Crippen LogP contribution in [0.5, 0.6) is 5.75 Å². The number of carbonyl (C=O) groups excluding carboxylic acids is 1. The molecule has 1 aromatic heterocycles. The molecule has 2 amide bonds. The van der Waals surface area contributed by atoms with E-state index in [9.17, 15) is 4.79 Å². The quantitative estimate of drug-likeness (QED) is 0.451. The highest BCUT2D eigenvalue weighted by atomic mass is 35.5. The van der Waals surface area contributed by atoms with E-state index >= 15 is 0 Å². The van der Waals surface area contributed by atoms with Crippen molar-refractivity contribution in [1.29, 1.82) is 0 Å². The summed E-state index contributed by atoms with van der Waals surface area (Å²) in [6, 6.07) is 14.7. The van der Waals surface area contributed by atoms with Gasteiger partial charge in [0.2, 0.25) is 0 Å². The molecule has 2 fully saturated rings. The molecule has 2 aromatic carbocycles. The van der Waals surface area contributed by atoms with Crippen LogP contribution in [0.2, 0.25) is 10.0 Å². The van der Waals surface area contributed by atoms with Crippen LogP contribution in [0.25, 0.3) is 11.1 Å². The van der Waals surface area contributed by atoms with Crippen molar-refractivity contribution in [2.24, 2.45) is 5.73 Å². The van der Waals surface area contributed by atoms with Crippen LogP contribution < -0.4 is 10.5 Å². The van der Waals surface area contributed by atoms with E-state index in [0.29, 0.717) is 10.0 Å². The molecule has 2 aliphatic rings. The van der Waals surface area contributed by atoms with Gasteiger partial charge in [0, 0.05) is 40.1 Å². The van der Waals surface area contributed by atoms with Crippen molar-refractivity contribution in [3.63, 3.8) is 0 Å². The number of benzene rings is 2. The highest BCUT2D eigenvalue weighted by Gasteiger charge is 2.52. The van der Waals surface area contributed by atoms with E-state index in [2.05, 4.69) is 11.1 Å².